The van der Waals surface area contributed by atoms with Crippen molar-refractivity contribution in [3.63, 3.8) is 0 Å². The Morgan fingerprint density at radius 3 is 2.83 bits per heavy atom. The molecule has 1 aliphatic heterocycles. The van der Waals surface area contributed by atoms with Gasteiger partial charge in [0.15, 0.2) is 5.82 Å². The Labute approximate surface area is 137 Å². The summed E-state index contributed by atoms with van der Waals surface area (Å²) in [6.07, 6.45) is 4.00. The molecule has 0 radical (unpaired) electrons. The predicted molar refractivity (Wildman–Crippen MR) is 91.3 cm³/mol. The first-order chi connectivity index (χ1) is 11.2. The lowest BCUT2D eigenvalue weighted by atomic mass is 9.96. The van der Waals surface area contributed by atoms with Crippen LogP contribution in [0.1, 0.15) is 25.3 Å². The summed E-state index contributed by atoms with van der Waals surface area (Å²) in [5.41, 5.74) is 0.0711. The highest BCUT2D eigenvalue weighted by atomic mass is 16.3. The molecule has 0 spiro atoms. The average Bonchev–Trinajstić information content (AvgIpc) is 3.05. The first-order valence-corrected chi connectivity index (χ1v) is 8.20. The Morgan fingerprint density at radius 2 is 2.09 bits per heavy atom. The molecule has 0 bridgehead atoms. The molecule has 5 nitrogen and oxygen atoms in total. The van der Waals surface area contributed by atoms with Gasteiger partial charge in [-0.15, -0.1) is 5.10 Å². The van der Waals surface area contributed by atoms with E-state index >= 15 is 0 Å². The summed E-state index contributed by atoms with van der Waals surface area (Å²) in [6, 6.07) is 14.1. The molecule has 0 unspecified atom stereocenters. The maximum atomic E-state index is 10.6. The number of nitrogens with one attached hydrogen (secondary N) is 1. The summed E-state index contributed by atoms with van der Waals surface area (Å²) >= 11 is 0. The van der Waals surface area contributed by atoms with Gasteiger partial charge in [-0.25, -0.2) is 0 Å². The molecule has 1 aromatic heterocycles. The van der Waals surface area contributed by atoms with E-state index in [1.807, 2.05) is 49.4 Å². The van der Waals surface area contributed by atoms with E-state index in [2.05, 4.69) is 20.4 Å². The van der Waals surface area contributed by atoms with Crippen LogP contribution < -0.4 is 10.2 Å². The molecule has 3 rings (SSSR count). The summed E-state index contributed by atoms with van der Waals surface area (Å²) < 4.78 is 0. The van der Waals surface area contributed by atoms with Crippen LogP contribution in [-0.2, 0) is 5.60 Å². The topological polar surface area (TPSA) is 61.3 Å². The first-order valence-electron chi connectivity index (χ1n) is 8.20. The number of anilines is 1. The molecular weight excluding hydrogens is 288 g/mol. The zero-order valence-electron chi connectivity index (χ0n) is 13.5. The highest BCUT2D eigenvalue weighted by molar-refractivity contribution is 5.39. The van der Waals surface area contributed by atoms with Gasteiger partial charge in [0.1, 0.15) is 0 Å². The molecule has 2 atom stereocenters. The van der Waals surface area contributed by atoms with Gasteiger partial charge in [-0.2, -0.15) is 5.10 Å². The van der Waals surface area contributed by atoms with Gasteiger partial charge in [-0.05, 0) is 37.5 Å². The van der Waals surface area contributed by atoms with E-state index in [1.165, 1.54) is 0 Å². The Bertz CT molecular complexity index is 603. The summed E-state index contributed by atoms with van der Waals surface area (Å²) in [6.45, 7) is 4.23. The van der Waals surface area contributed by atoms with Crippen molar-refractivity contribution in [1.82, 2.24) is 15.5 Å². The molecule has 2 aromatic rings. The maximum absolute atomic E-state index is 10.6. The van der Waals surface area contributed by atoms with Gasteiger partial charge in [0.2, 0.25) is 0 Å². The number of hydrogen-bond donors (Lipinski definition) is 2. The van der Waals surface area contributed by atoms with Gasteiger partial charge >= 0.3 is 0 Å². The van der Waals surface area contributed by atoms with E-state index in [9.17, 15) is 5.11 Å². The second kappa shape index (κ2) is 7.06. The van der Waals surface area contributed by atoms with Crippen LogP contribution in [0.25, 0.3) is 0 Å². The smallest absolute Gasteiger partial charge is 0.151 e. The fourth-order valence-corrected chi connectivity index (χ4v) is 3.18. The van der Waals surface area contributed by atoms with Crippen molar-refractivity contribution in [3.05, 3.63) is 54.2 Å². The van der Waals surface area contributed by atoms with E-state index in [-0.39, 0.29) is 0 Å². The number of aliphatic hydroxyl groups is 1. The molecule has 1 aromatic carbocycles. The van der Waals surface area contributed by atoms with Crippen molar-refractivity contribution in [1.29, 1.82) is 0 Å². The van der Waals surface area contributed by atoms with Crippen molar-refractivity contribution in [2.24, 2.45) is 0 Å². The van der Waals surface area contributed by atoms with Gasteiger partial charge in [-0.1, -0.05) is 30.3 Å². The monoisotopic (exact) mass is 312 g/mol. The van der Waals surface area contributed by atoms with E-state index in [1.54, 1.807) is 6.20 Å². The summed E-state index contributed by atoms with van der Waals surface area (Å²) in [4.78, 5) is 2.30. The van der Waals surface area contributed by atoms with Crippen LogP contribution in [-0.4, -0.2) is 41.0 Å². The van der Waals surface area contributed by atoms with Crippen LogP contribution in [0.5, 0.6) is 0 Å². The second-order valence-electron chi connectivity index (χ2n) is 6.34. The minimum atomic E-state index is -0.864. The number of rotatable bonds is 6. The number of hydrogen-bond acceptors (Lipinski definition) is 5. The third-order valence-electron chi connectivity index (χ3n) is 4.47. The normalized spacial score (nSPS) is 20.4. The molecule has 0 amide bonds. The van der Waals surface area contributed by atoms with Gasteiger partial charge in [-0.3, -0.25) is 0 Å². The van der Waals surface area contributed by atoms with E-state index in [4.69, 9.17) is 0 Å². The highest BCUT2D eigenvalue weighted by Crippen LogP contribution is 2.23. The summed E-state index contributed by atoms with van der Waals surface area (Å²) in [5, 5.41) is 22.3. The van der Waals surface area contributed by atoms with Crippen molar-refractivity contribution in [2.45, 2.75) is 31.4 Å². The largest absolute Gasteiger partial charge is 0.384 e. The Morgan fingerprint density at radius 1 is 1.26 bits per heavy atom. The quantitative estimate of drug-likeness (QED) is 0.853. The van der Waals surface area contributed by atoms with Gasteiger partial charge in [0.25, 0.3) is 0 Å². The number of nitrogens with zero attached hydrogens (tertiary/aromatic N) is 3. The molecule has 122 valence electrons. The summed E-state index contributed by atoms with van der Waals surface area (Å²) in [7, 11) is 0. The minimum Gasteiger partial charge on any atom is -0.384 e. The van der Waals surface area contributed by atoms with Gasteiger partial charge < -0.3 is 15.3 Å². The van der Waals surface area contributed by atoms with Crippen molar-refractivity contribution >= 4 is 5.82 Å². The predicted octanol–water partition coefficient (Wildman–Crippen LogP) is 1.94. The minimum absolute atomic E-state index is 0.401. The standard InChI is InChI=1S/C18H24N4O/c1-18(23,15-7-3-2-4-8-15)14-19-13-16-9-6-12-22(16)17-10-5-11-20-21-17/h2-5,7-8,10-11,16,19,23H,6,9,12-14H2,1H3/t16-,18+/m0/s1. The van der Waals surface area contributed by atoms with Gasteiger partial charge in [0, 0.05) is 31.9 Å². The number of aromatic nitrogens is 2. The lowest BCUT2D eigenvalue weighted by molar-refractivity contribution is 0.0568. The zero-order valence-corrected chi connectivity index (χ0v) is 13.5. The molecule has 1 fully saturated rings. The average molecular weight is 312 g/mol. The van der Waals surface area contributed by atoms with Crippen molar-refractivity contribution in [2.75, 3.05) is 24.5 Å². The lowest BCUT2D eigenvalue weighted by Crippen LogP contribution is -2.43. The van der Waals surface area contributed by atoms with Crippen molar-refractivity contribution in [3.8, 4) is 0 Å². The molecule has 0 saturated carbocycles. The molecule has 0 aliphatic carbocycles. The first kappa shape index (κ1) is 15.9. The maximum Gasteiger partial charge on any atom is 0.151 e. The fourth-order valence-electron chi connectivity index (χ4n) is 3.18. The Hall–Kier alpha value is -1.98. The molecule has 1 saturated heterocycles. The SMILES string of the molecule is C[C@@](O)(CNC[C@@H]1CCCN1c1cccnn1)c1ccccc1. The summed E-state index contributed by atoms with van der Waals surface area (Å²) in [5.74, 6) is 0.937. The third-order valence-corrected chi connectivity index (χ3v) is 4.47. The molecule has 1 aliphatic rings. The zero-order chi connectivity index (χ0) is 16.1. The Balaban J connectivity index is 1.56. The van der Waals surface area contributed by atoms with Crippen LogP contribution in [0.15, 0.2) is 48.7 Å². The lowest BCUT2D eigenvalue weighted by Gasteiger charge is -2.28. The van der Waals surface area contributed by atoms with Crippen LogP contribution >= 0.6 is 0 Å². The van der Waals surface area contributed by atoms with Crippen molar-refractivity contribution < 1.29 is 5.11 Å². The fraction of sp³-hybridized carbons (Fsp3) is 0.444. The molecule has 23 heavy (non-hydrogen) atoms. The second-order valence-corrected chi connectivity index (χ2v) is 6.34. The van der Waals surface area contributed by atoms with Gasteiger partial charge in [0.05, 0.1) is 5.60 Å². The van der Waals surface area contributed by atoms with E-state index in [0.29, 0.717) is 12.6 Å². The van der Waals surface area contributed by atoms with Crippen LogP contribution in [0.2, 0.25) is 0 Å². The van der Waals surface area contributed by atoms with Crippen LogP contribution in [0, 0.1) is 0 Å². The Kier molecular flexibility index (Phi) is 4.88. The van der Waals surface area contributed by atoms with Crippen LogP contribution in [0.3, 0.4) is 0 Å². The molecule has 5 heteroatoms. The third kappa shape index (κ3) is 3.86. The molecule has 2 heterocycles. The van der Waals surface area contributed by atoms with Crippen LogP contribution in [0.4, 0.5) is 5.82 Å². The van der Waals surface area contributed by atoms with E-state index < -0.39 is 5.60 Å². The number of benzene rings is 1. The van der Waals surface area contributed by atoms with E-state index in [0.717, 1.165) is 37.3 Å². The molecular formula is C18H24N4O. The highest BCUT2D eigenvalue weighted by Gasteiger charge is 2.27. The molecule has 2 N–H and O–H groups in total.